The fraction of sp³-hybridized carbons (Fsp3) is 0.533. The lowest BCUT2D eigenvalue weighted by atomic mass is 9.84. The van der Waals surface area contributed by atoms with Gasteiger partial charge in [-0.05, 0) is 58.9 Å². The molecule has 1 aliphatic rings. The zero-order valence-corrected chi connectivity index (χ0v) is 12.6. The lowest BCUT2D eigenvalue weighted by Gasteiger charge is -2.32. The Hall–Kier alpha value is -1.75. The molecule has 0 bridgehead atoms. The highest BCUT2D eigenvalue weighted by atomic mass is 16.5. The lowest BCUT2D eigenvalue weighted by molar-refractivity contribution is -0.539. The predicted octanol–water partition coefficient (Wildman–Crippen LogP) is 2.56. The molecule has 0 unspecified atom stereocenters. The van der Waals surface area contributed by atoms with Gasteiger partial charge in [-0.2, -0.15) is 0 Å². The summed E-state index contributed by atoms with van der Waals surface area (Å²) in [4.78, 5) is 0. The van der Waals surface area contributed by atoms with Gasteiger partial charge in [0.15, 0.2) is 5.54 Å². The molecule has 1 aromatic rings. The van der Waals surface area contributed by atoms with Crippen LogP contribution in [0.3, 0.4) is 0 Å². The number of hydrogen-bond acceptors (Lipinski definition) is 3. The van der Waals surface area contributed by atoms with Crippen LogP contribution >= 0.6 is 0 Å². The topological polar surface area (TPSA) is 58.4 Å². The standard InChI is InChI=1S/C15H21N2O3/c1-6-20-12-9-7-11(8-10-12)13-16(18)14(2,3)15(4,5)17(13)19/h7-10H,6H2,1-5H3. The van der Waals surface area contributed by atoms with E-state index in [1.54, 1.807) is 52.0 Å². The van der Waals surface area contributed by atoms with Crippen molar-refractivity contribution in [2.24, 2.45) is 0 Å². The van der Waals surface area contributed by atoms with E-state index < -0.39 is 11.1 Å². The summed E-state index contributed by atoms with van der Waals surface area (Å²) in [6, 6.07) is 7.03. The molecule has 1 aliphatic heterocycles. The first-order chi connectivity index (χ1) is 9.23. The van der Waals surface area contributed by atoms with Crippen LogP contribution in [0.25, 0.3) is 0 Å². The summed E-state index contributed by atoms with van der Waals surface area (Å²) >= 11 is 0. The quantitative estimate of drug-likeness (QED) is 0.630. The average molecular weight is 277 g/mol. The van der Waals surface area contributed by atoms with E-state index in [0.29, 0.717) is 12.2 Å². The molecule has 0 atom stereocenters. The van der Waals surface area contributed by atoms with E-state index in [1.165, 1.54) is 0 Å². The summed E-state index contributed by atoms with van der Waals surface area (Å²) in [5, 5.41) is 25.8. The van der Waals surface area contributed by atoms with Gasteiger partial charge >= 0.3 is 5.84 Å². The van der Waals surface area contributed by atoms with Gasteiger partial charge in [-0.1, -0.05) is 5.06 Å². The van der Waals surface area contributed by atoms with Crippen molar-refractivity contribution < 1.29 is 14.7 Å². The molecule has 1 heterocycles. The van der Waals surface area contributed by atoms with Crippen LogP contribution in [0.1, 0.15) is 40.2 Å². The zero-order chi connectivity index (χ0) is 15.1. The third-order valence-corrected chi connectivity index (χ3v) is 4.32. The largest absolute Gasteiger partial charge is 0.714 e. The third-order valence-electron chi connectivity index (χ3n) is 4.32. The van der Waals surface area contributed by atoms with Crippen molar-refractivity contribution in [3.8, 4) is 5.75 Å². The van der Waals surface area contributed by atoms with Gasteiger partial charge in [0.05, 0.1) is 12.2 Å². The number of ether oxygens (including phenoxy) is 1. The van der Waals surface area contributed by atoms with Crippen molar-refractivity contribution in [3.63, 3.8) is 0 Å². The Kier molecular flexibility index (Phi) is 3.42. The minimum atomic E-state index is -0.789. The summed E-state index contributed by atoms with van der Waals surface area (Å²) in [7, 11) is 0. The van der Waals surface area contributed by atoms with E-state index in [0.717, 1.165) is 15.6 Å². The summed E-state index contributed by atoms with van der Waals surface area (Å²) in [6.45, 7) is 9.62. The molecule has 5 nitrogen and oxygen atoms in total. The molecule has 20 heavy (non-hydrogen) atoms. The van der Waals surface area contributed by atoms with Crippen LogP contribution in [0, 0.1) is 5.21 Å². The van der Waals surface area contributed by atoms with Crippen LogP contribution in [0.2, 0.25) is 0 Å². The number of amidine groups is 1. The Balaban J connectivity index is 2.44. The van der Waals surface area contributed by atoms with Gasteiger partial charge in [0.1, 0.15) is 11.3 Å². The lowest BCUT2D eigenvalue weighted by Crippen LogP contribution is -2.53. The molecule has 1 radical (unpaired) electrons. The fourth-order valence-corrected chi connectivity index (χ4v) is 2.21. The number of rotatable bonds is 3. The highest BCUT2D eigenvalue weighted by Crippen LogP contribution is 2.37. The monoisotopic (exact) mass is 277 g/mol. The number of hydroxylamine groups is 3. The molecule has 0 spiro atoms. The van der Waals surface area contributed by atoms with E-state index in [-0.39, 0.29) is 5.84 Å². The van der Waals surface area contributed by atoms with E-state index in [2.05, 4.69) is 0 Å². The van der Waals surface area contributed by atoms with Gasteiger partial charge in [-0.25, -0.2) is 0 Å². The molecule has 0 aromatic heterocycles. The summed E-state index contributed by atoms with van der Waals surface area (Å²) in [5.74, 6) is 0.881. The maximum absolute atomic E-state index is 12.5. The molecule has 0 saturated heterocycles. The second-order valence-corrected chi connectivity index (χ2v) is 5.99. The molecule has 0 N–H and O–H groups in total. The maximum atomic E-state index is 12.5. The Labute approximate surface area is 119 Å². The average Bonchev–Trinajstić information content (AvgIpc) is 2.51. The SMILES string of the molecule is CCOc1ccc(C2=[N+]([O-])C(C)(C)C(C)(C)N2[O])cc1. The number of hydrogen-bond donors (Lipinski definition) is 0. The molecular weight excluding hydrogens is 256 g/mol. The minimum Gasteiger partial charge on any atom is -0.714 e. The Morgan fingerprint density at radius 3 is 2.15 bits per heavy atom. The van der Waals surface area contributed by atoms with Crippen molar-refractivity contribution in [1.82, 2.24) is 5.06 Å². The van der Waals surface area contributed by atoms with Crippen molar-refractivity contribution in [1.29, 1.82) is 0 Å². The molecule has 2 rings (SSSR count). The van der Waals surface area contributed by atoms with E-state index >= 15 is 0 Å². The van der Waals surface area contributed by atoms with Crippen molar-refractivity contribution in [2.45, 2.75) is 45.7 Å². The predicted molar refractivity (Wildman–Crippen MR) is 76.0 cm³/mol. The highest BCUT2D eigenvalue weighted by Gasteiger charge is 2.59. The molecule has 0 amide bonds. The Bertz CT molecular complexity index is 533. The van der Waals surface area contributed by atoms with Crippen molar-refractivity contribution in [3.05, 3.63) is 35.0 Å². The van der Waals surface area contributed by atoms with E-state index in [9.17, 15) is 10.4 Å². The second-order valence-electron chi connectivity index (χ2n) is 5.99. The van der Waals surface area contributed by atoms with Gasteiger partial charge in [-0.15, -0.1) is 0 Å². The van der Waals surface area contributed by atoms with Crippen molar-refractivity contribution >= 4 is 5.84 Å². The van der Waals surface area contributed by atoms with Crippen LogP contribution in [0.4, 0.5) is 0 Å². The van der Waals surface area contributed by atoms with Crippen LogP contribution in [-0.4, -0.2) is 33.3 Å². The molecule has 5 heteroatoms. The zero-order valence-electron chi connectivity index (χ0n) is 12.6. The second kappa shape index (κ2) is 4.66. The summed E-state index contributed by atoms with van der Waals surface area (Å²) < 4.78 is 6.18. The van der Waals surface area contributed by atoms with Gasteiger partial charge in [0.2, 0.25) is 0 Å². The molecule has 1 aromatic carbocycles. The maximum Gasteiger partial charge on any atom is 0.316 e. The first-order valence-corrected chi connectivity index (χ1v) is 6.78. The summed E-state index contributed by atoms with van der Waals surface area (Å²) in [5.41, 5.74) is -0.970. The van der Waals surface area contributed by atoms with Crippen molar-refractivity contribution in [2.75, 3.05) is 6.61 Å². The molecular formula is C15H21N2O3. The number of benzene rings is 1. The molecule has 109 valence electrons. The third kappa shape index (κ3) is 1.93. The van der Waals surface area contributed by atoms with Crippen LogP contribution in [-0.2, 0) is 5.21 Å². The fourth-order valence-electron chi connectivity index (χ4n) is 2.21. The molecule has 0 aliphatic carbocycles. The van der Waals surface area contributed by atoms with Crippen LogP contribution < -0.4 is 4.74 Å². The first kappa shape index (κ1) is 14.7. The van der Waals surface area contributed by atoms with Gasteiger partial charge < -0.3 is 9.94 Å². The molecule has 0 saturated carbocycles. The summed E-state index contributed by atoms with van der Waals surface area (Å²) in [6.07, 6.45) is 0. The molecule has 0 fully saturated rings. The normalized spacial score (nSPS) is 20.4. The smallest absolute Gasteiger partial charge is 0.316 e. The Morgan fingerprint density at radius 1 is 1.20 bits per heavy atom. The van der Waals surface area contributed by atoms with Crippen LogP contribution in [0.5, 0.6) is 5.75 Å². The van der Waals surface area contributed by atoms with Gasteiger partial charge in [0.25, 0.3) is 0 Å². The van der Waals surface area contributed by atoms with Gasteiger partial charge in [-0.3, -0.25) is 4.74 Å². The minimum absolute atomic E-state index is 0.156. The van der Waals surface area contributed by atoms with Gasteiger partial charge in [0, 0.05) is 5.21 Å². The number of nitrogens with zero attached hydrogens (tertiary/aromatic N) is 2. The Morgan fingerprint density at radius 2 is 1.75 bits per heavy atom. The first-order valence-electron chi connectivity index (χ1n) is 6.78. The highest BCUT2D eigenvalue weighted by molar-refractivity contribution is 5.96. The van der Waals surface area contributed by atoms with Crippen LogP contribution in [0.15, 0.2) is 24.3 Å². The van der Waals surface area contributed by atoms with E-state index in [4.69, 9.17) is 4.74 Å². The van der Waals surface area contributed by atoms with E-state index in [1.807, 2.05) is 6.92 Å².